The van der Waals surface area contributed by atoms with Crippen molar-refractivity contribution in [1.82, 2.24) is 4.98 Å². The molecule has 3 rings (SSSR count). The molecule has 0 saturated carbocycles. The number of fused-ring (bicyclic) bond motifs is 1. The zero-order valence-electron chi connectivity index (χ0n) is 9.61. The van der Waals surface area contributed by atoms with E-state index in [2.05, 4.69) is 4.98 Å². The number of aromatic nitrogens is 1. The zero-order valence-corrected chi connectivity index (χ0v) is 9.61. The molecular weight excluding hydrogens is 214 g/mol. The Kier molecular flexibility index (Phi) is 2.69. The normalized spacial score (nSPS) is 19.9. The lowest BCUT2D eigenvalue weighted by Gasteiger charge is -2.07. The van der Waals surface area contributed by atoms with Crippen LogP contribution in [0.25, 0.3) is 10.9 Å². The molecule has 0 radical (unpaired) electrons. The van der Waals surface area contributed by atoms with Gasteiger partial charge in [0.2, 0.25) is 0 Å². The van der Waals surface area contributed by atoms with E-state index in [9.17, 15) is 4.79 Å². The second-order valence-electron chi connectivity index (χ2n) is 4.51. The molecule has 1 aliphatic heterocycles. The number of hydrogen-bond acceptors (Lipinski definition) is 2. The van der Waals surface area contributed by atoms with Gasteiger partial charge in [-0.3, -0.25) is 4.79 Å². The second kappa shape index (κ2) is 4.34. The Balaban J connectivity index is 1.85. The van der Waals surface area contributed by atoms with Crippen LogP contribution < -0.4 is 0 Å². The average molecular weight is 229 g/mol. The fourth-order valence-corrected chi connectivity index (χ4v) is 2.42. The Morgan fingerprint density at radius 3 is 3.12 bits per heavy atom. The summed E-state index contributed by atoms with van der Waals surface area (Å²) in [6.45, 7) is 0.797. The number of ether oxygens (including phenoxy) is 1. The predicted octanol–water partition coefficient (Wildman–Crippen LogP) is 2.92. The second-order valence-corrected chi connectivity index (χ2v) is 4.51. The van der Waals surface area contributed by atoms with Crippen molar-refractivity contribution < 1.29 is 9.53 Å². The van der Waals surface area contributed by atoms with E-state index in [1.165, 1.54) is 0 Å². The third-order valence-electron chi connectivity index (χ3n) is 3.33. The van der Waals surface area contributed by atoms with Crippen LogP contribution in [-0.4, -0.2) is 23.5 Å². The molecule has 0 amide bonds. The Hall–Kier alpha value is -1.61. The number of para-hydroxylation sites is 1. The van der Waals surface area contributed by atoms with Gasteiger partial charge in [0.05, 0.1) is 6.10 Å². The standard InChI is InChI=1S/C14H15NO2/c16-14(8-10-4-3-7-17-10)12-9-15-13-6-2-1-5-11(12)13/h1-2,5-6,9-10,15H,3-4,7-8H2. The topological polar surface area (TPSA) is 42.1 Å². The van der Waals surface area contributed by atoms with Crippen LogP contribution in [0.3, 0.4) is 0 Å². The number of hydrogen-bond donors (Lipinski definition) is 1. The van der Waals surface area contributed by atoms with Crippen molar-refractivity contribution in [3.63, 3.8) is 0 Å². The molecule has 0 bridgehead atoms. The average Bonchev–Trinajstić information content (AvgIpc) is 2.96. The van der Waals surface area contributed by atoms with E-state index in [1.807, 2.05) is 30.5 Å². The summed E-state index contributed by atoms with van der Waals surface area (Å²) < 4.78 is 5.50. The molecule has 1 saturated heterocycles. The molecule has 2 heterocycles. The molecule has 1 aromatic heterocycles. The highest BCUT2D eigenvalue weighted by atomic mass is 16.5. The molecular formula is C14H15NO2. The first-order valence-corrected chi connectivity index (χ1v) is 6.05. The minimum Gasteiger partial charge on any atom is -0.378 e. The van der Waals surface area contributed by atoms with Crippen LogP contribution in [0.5, 0.6) is 0 Å². The van der Waals surface area contributed by atoms with Gasteiger partial charge in [-0.25, -0.2) is 0 Å². The Labute approximate surface area is 99.8 Å². The van der Waals surface area contributed by atoms with Crippen molar-refractivity contribution in [2.75, 3.05) is 6.61 Å². The van der Waals surface area contributed by atoms with E-state index >= 15 is 0 Å². The summed E-state index contributed by atoms with van der Waals surface area (Å²) in [5, 5.41) is 1.01. The van der Waals surface area contributed by atoms with Gasteiger partial charge in [-0.2, -0.15) is 0 Å². The number of carbonyl (C=O) groups excluding carboxylic acids is 1. The van der Waals surface area contributed by atoms with E-state index < -0.39 is 0 Å². The van der Waals surface area contributed by atoms with Gasteiger partial charge < -0.3 is 9.72 Å². The predicted molar refractivity (Wildman–Crippen MR) is 66.2 cm³/mol. The molecule has 17 heavy (non-hydrogen) atoms. The number of ketones is 1. The number of benzene rings is 1. The van der Waals surface area contributed by atoms with Crippen molar-refractivity contribution in [1.29, 1.82) is 0 Å². The first kappa shape index (κ1) is 10.5. The molecule has 3 heteroatoms. The van der Waals surface area contributed by atoms with E-state index in [-0.39, 0.29) is 11.9 Å². The lowest BCUT2D eigenvalue weighted by Crippen LogP contribution is -2.12. The summed E-state index contributed by atoms with van der Waals surface area (Å²) in [6, 6.07) is 7.89. The van der Waals surface area contributed by atoms with Crippen LogP contribution in [-0.2, 0) is 4.74 Å². The van der Waals surface area contributed by atoms with Gasteiger partial charge in [0.25, 0.3) is 0 Å². The Morgan fingerprint density at radius 1 is 1.41 bits per heavy atom. The highest BCUT2D eigenvalue weighted by molar-refractivity contribution is 6.07. The Morgan fingerprint density at radius 2 is 2.29 bits per heavy atom. The first-order chi connectivity index (χ1) is 8.34. The summed E-state index contributed by atoms with van der Waals surface area (Å²) in [7, 11) is 0. The summed E-state index contributed by atoms with van der Waals surface area (Å²) in [4.78, 5) is 15.3. The fraction of sp³-hybridized carbons (Fsp3) is 0.357. The third-order valence-corrected chi connectivity index (χ3v) is 3.33. The van der Waals surface area contributed by atoms with Crippen LogP contribution in [0.15, 0.2) is 30.5 Å². The number of nitrogens with one attached hydrogen (secondary N) is 1. The SMILES string of the molecule is O=C(CC1CCCO1)c1c[nH]c2ccccc12. The number of Topliss-reactive ketones (excluding diaryl/α,β-unsaturated/α-hetero) is 1. The van der Waals surface area contributed by atoms with Gasteiger partial charge in [0, 0.05) is 35.7 Å². The molecule has 1 unspecified atom stereocenters. The van der Waals surface area contributed by atoms with Crippen LogP contribution >= 0.6 is 0 Å². The fourth-order valence-electron chi connectivity index (χ4n) is 2.42. The van der Waals surface area contributed by atoms with Gasteiger partial charge in [-0.15, -0.1) is 0 Å². The first-order valence-electron chi connectivity index (χ1n) is 6.05. The molecule has 1 aliphatic rings. The van der Waals surface area contributed by atoms with Crippen LogP contribution in [0, 0.1) is 0 Å². The Bertz CT molecular complexity index is 538. The molecule has 0 aliphatic carbocycles. The highest BCUT2D eigenvalue weighted by Crippen LogP contribution is 2.22. The molecule has 1 fully saturated rings. The van der Waals surface area contributed by atoms with Crippen LogP contribution in [0.1, 0.15) is 29.6 Å². The van der Waals surface area contributed by atoms with Crippen molar-refractivity contribution in [3.05, 3.63) is 36.0 Å². The number of carbonyl (C=O) groups is 1. The molecule has 1 aromatic carbocycles. The summed E-state index contributed by atoms with van der Waals surface area (Å²) in [6.07, 6.45) is 4.51. The number of aromatic amines is 1. The van der Waals surface area contributed by atoms with E-state index in [4.69, 9.17) is 4.74 Å². The lowest BCUT2D eigenvalue weighted by atomic mass is 10.0. The van der Waals surface area contributed by atoms with Crippen LogP contribution in [0.4, 0.5) is 0 Å². The number of H-pyrrole nitrogens is 1. The lowest BCUT2D eigenvalue weighted by molar-refractivity contribution is 0.0777. The van der Waals surface area contributed by atoms with Crippen molar-refractivity contribution >= 4 is 16.7 Å². The van der Waals surface area contributed by atoms with Crippen LogP contribution in [0.2, 0.25) is 0 Å². The van der Waals surface area contributed by atoms with E-state index in [0.29, 0.717) is 6.42 Å². The molecule has 1 N–H and O–H groups in total. The largest absolute Gasteiger partial charge is 0.378 e. The van der Waals surface area contributed by atoms with E-state index in [0.717, 1.165) is 35.9 Å². The van der Waals surface area contributed by atoms with Crippen molar-refractivity contribution in [3.8, 4) is 0 Å². The van der Waals surface area contributed by atoms with Gasteiger partial charge in [-0.1, -0.05) is 18.2 Å². The maximum atomic E-state index is 12.2. The molecule has 3 nitrogen and oxygen atoms in total. The summed E-state index contributed by atoms with van der Waals surface area (Å²) in [5.41, 5.74) is 1.80. The van der Waals surface area contributed by atoms with Gasteiger partial charge in [0.1, 0.15) is 0 Å². The molecule has 2 aromatic rings. The van der Waals surface area contributed by atoms with Gasteiger partial charge in [-0.05, 0) is 18.9 Å². The summed E-state index contributed by atoms with van der Waals surface area (Å²) >= 11 is 0. The number of rotatable bonds is 3. The van der Waals surface area contributed by atoms with Crippen molar-refractivity contribution in [2.45, 2.75) is 25.4 Å². The van der Waals surface area contributed by atoms with E-state index in [1.54, 1.807) is 0 Å². The molecule has 0 spiro atoms. The summed E-state index contributed by atoms with van der Waals surface area (Å²) in [5.74, 6) is 0.175. The zero-order chi connectivity index (χ0) is 11.7. The van der Waals surface area contributed by atoms with Crippen molar-refractivity contribution in [2.24, 2.45) is 0 Å². The smallest absolute Gasteiger partial charge is 0.167 e. The maximum Gasteiger partial charge on any atom is 0.167 e. The van der Waals surface area contributed by atoms with Gasteiger partial charge >= 0.3 is 0 Å². The third kappa shape index (κ3) is 1.98. The minimum atomic E-state index is 0.121. The highest BCUT2D eigenvalue weighted by Gasteiger charge is 2.21. The monoisotopic (exact) mass is 229 g/mol. The quantitative estimate of drug-likeness (QED) is 0.822. The maximum absolute atomic E-state index is 12.2. The minimum absolute atomic E-state index is 0.121. The van der Waals surface area contributed by atoms with Gasteiger partial charge in [0.15, 0.2) is 5.78 Å². The molecule has 88 valence electrons. The molecule has 1 atom stereocenters.